The molecule has 2 nitrogen and oxygen atoms in total. The smallest absolute Gasteiger partial charge is 0.104 e. The van der Waals surface area contributed by atoms with E-state index in [0.29, 0.717) is 0 Å². The van der Waals surface area contributed by atoms with E-state index >= 15 is 0 Å². The summed E-state index contributed by atoms with van der Waals surface area (Å²) < 4.78 is 0. The molecule has 2 rings (SSSR count). The second-order valence-corrected chi connectivity index (χ2v) is 5.54. The van der Waals surface area contributed by atoms with E-state index in [0.717, 1.165) is 18.2 Å². The van der Waals surface area contributed by atoms with Crippen LogP contribution in [0.3, 0.4) is 0 Å². The summed E-state index contributed by atoms with van der Waals surface area (Å²) in [7, 11) is 0. The number of hydrogen-bond donors (Lipinski definition) is 1. The molecule has 1 heterocycles. The van der Waals surface area contributed by atoms with Gasteiger partial charge in [0.1, 0.15) is 6.61 Å². The Labute approximate surface area is 122 Å². The number of hydrogen-bond acceptors (Lipinski definition) is 2. The van der Waals surface area contributed by atoms with E-state index in [2.05, 4.69) is 47.9 Å². The summed E-state index contributed by atoms with van der Waals surface area (Å²) >= 11 is 0. The van der Waals surface area contributed by atoms with Crippen molar-refractivity contribution in [2.75, 3.05) is 13.2 Å². The van der Waals surface area contributed by atoms with Gasteiger partial charge in [-0.15, -0.1) is 0 Å². The Balaban J connectivity index is 2.00. The third-order valence-corrected chi connectivity index (χ3v) is 4.12. The highest BCUT2D eigenvalue weighted by molar-refractivity contribution is 5.36. The zero-order valence-electron chi connectivity index (χ0n) is 12.4. The van der Waals surface area contributed by atoms with Gasteiger partial charge in [0.2, 0.25) is 0 Å². The third-order valence-electron chi connectivity index (χ3n) is 4.12. The second kappa shape index (κ2) is 8.09. The van der Waals surface area contributed by atoms with Crippen LogP contribution in [0.4, 0.5) is 0 Å². The highest BCUT2D eigenvalue weighted by Gasteiger charge is 2.19. The number of likely N-dealkylation sites (tertiary alicyclic amines) is 1. The second-order valence-electron chi connectivity index (χ2n) is 5.54. The van der Waals surface area contributed by atoms with Crippen molar-refractivity contribution < 1.29 is 5.11 Å². The number of benzene rings is 1. The van der Waals surface area contributed by atoms with Crippen molar-refractivity contribution in [3.63, 3.8) is 0 Å². The lowest BCUT2D eigenvalue weighted by atomic mass is 10.1. The lowest BCUT2D eigenvalue weighted by molar-refractivity contribution is 0.186. The van der Waals surface area contributed by atoms with Crippen molar-refractivity contribution >= 4 is 0 Å². The van der Waals surface area contributed by atoms with Gasteiger partial charge in [-0.05, 0) is 43.5 Å². The lowest BCUT2D eigenvalue weighted by Crippen LogP contribution is -2.33. The SMILES string of the molecule is CCC1CCCCCN1Cc1ccc(C#CCO)cc1. The largest absolute Gasteiger partial charge is 0.384 e. The van der Waals surface area contributed by atoms with Crippen LogP contribution in [0.2, 0.25) is 0 Å². The average molecular weight is 271 g/mol. The molecule has 0 amide bonds. The molecule has 1 atom stereocenters. The fourth-order valence-corrected chi connectivity index (χ4v) is 2.98. The molecule has 1 aliphatic heterocycles. The van der Waals surface area contributed by atoms with E-state index in [-0.39, 0.29) is 6.61 Å². The van der Waals surface area contributed by atoms with Crippen LogP contribution < -0.4 is 0 Å². The number of nitrogens with zero attached hydrogens (tertiary/aromatic N) is 1. The molecule has 1 unspecified atom stereocenters. The minimum Gasteiger partial charge on any atom is -0.384 e. The number of aliphatic hydroxyl groups is 1. The maximum Gasteiger partial charge on any atom is 0.104 e. The third kappa shape index (κ3) is 4.37. The molecule has 1 fully saturated rings. The first-order chi connectivity index (χ1) is 9.83. The van der Waals surface area contributed by atoms with Crippen LogP contribution in [0.5, 0.6) is 0 Å². The molecule has 1 aromatic rings. The van der Waals surface area contributed by atoms with Crippen molar-refractivity contribution in [3.8, 4) is 11.8 Å². The summed E-state index contributed by atoms with van der Waals surface area (Å²) in [6, 6.07) is 9.18. The Morgan fingerprint density at radius 1 is 1.20 bits per heavy atom. The zero-order chi connectivity index (χ0) is 14.2. The van der Waals surface area contributed by atoms with Crippen molar-refractivity contribution in [1.29, 1.82) is 0 Å². The Hall–Kier alpha value is -1.30. The Kier molecular flexibility index (Phi) is 6.11. The zero-order valence-corrected chi connectivity index (χ0v) is 12.4. The molecule has 0 aromatic heterocycles. The summed E-state index contributed by atoms with van der Waals surface area (Å²) in [6.07, 6.45) is 6.68. The molecule has 1 N–H and O–H groups in total. The van der Waals surface area contributed by atoms with Crippen LogP contribution >= 0.6 is 0 Å². The molecule has 0 radical (unpaired) electrons. The average Bonchev–Trinajstić information content (AvgIpc) is 2.71. The maximum atomic E-state index is 8.70. The minimum absolute atomic E-state index is 0.0757. The first kappa shape index (κ1) is 15.1. The van der Waals surface area contributed by atoms with Gasteiger partial charge in [0.25, 0.3) is 0 Å². The normalized spacial score (nSPS) is 20.0. The summed E-state index contributed by atoms with van der Waals surface area (Å²) in [5.41, 5.74) is 2.34. The molecule has 1 aliphatic rings. The van der Waals surface area contributed by atoms with Crippen molar-refractivity contribution in [2.45, 2.75) is 51.6 Å². The number of rotatable bonds is 3. The maximum absolute atomic E-state index is 8.70. The summed E-state index contributed by atoms with van der Waals surface area (Å²) in [4.78, 5) is 2.64. The van der Waals surface area contributed by atoms with E-state index in [1.807, 2.05) is 0 Å². The molecule has 0 spiro atoms. The fourth-order valence-electron chi connectivity index (χ4n) is 2.98. The van der Waals surface area contributed by atoms with E-state index < -0.39 is 0 Å². The molecule has 0 bridgehead atoms. The first-order valence-corrected chi connectivity index (χ1v) is 7.76. The fraction of sp³-hybridized carbons (Fsp3) is 0.556. The molecule has 20 heavy (non-hydrogen) atoms. The molecule has 1 aromatic carbocycles. The molecular weight excluding hydrogens is 246 g/mol. The Morgan fingerprint density at radius 2 is 2.00 bits per heavy atom. The van der Waals surface area contributed by atoms with Gasteiger partial charge >= 0.3 is 0 Å². The van der Waals surface area contributed by atoms with Crippen molar-refractivity contribution in [3.05, 3.63) is 35.4 Å². The van der Waals surface area contributed by atoms with Crippen LogP contribution in [-0.4, -0.2) is 29.2 Å². The van der Waals surface area contributed by atoms with Crippen molar-refractivity contribution in [2.24, 2.45) is 0 Å². The Bertz CT molecular complexity index is 455. The highest BCUT2D eigenvalue weighted by Crippen LogP contribution is 2.21. The van der Waals surface area contributed by atoms with Crippen LogP contribution in [0.1, 0.15) is 50.2 Å². The molecule has 0 saturated carbocycles. The van der Waals surface area contributed by atoms with E-state index in [1.165, 1.54) is 44.2 Å². The van der Waals surface area contributed by atoms with E-state index in [1.54, 1.807) is 0 Å². The molecule has 108 valence electrons. The van der Waals surface area contributed by atoms with Crippen molar-refractivity contribution in [1.82, 2.24) is 4.90 Å². The standard InChI is InChI=1S/C18H25NO/c1-2-18-8-4-3-5-13-19(18)15-17-11-9-16(10-12-17)7-6-14-20/h9-12,18,20H,2-5,8,13-15H2,1H3. The minimum atomic E-state index is -0.0757. The Morgan fingerprint density at radius 3 is 2.70 bits per heavy atom. The molecular formula is C18H25NO. The van der Waals surface area contributed by atoms with Gasteiger partial charge in [0.15, 0.2) is 0 Å². The monoisotopic (exact) mass is 271 g/mol. The molecule has 1 saturated heterocycles. The summed E-state index contributed by atoms with van der Waals surface area (Å²) in [5.74, 6) is 5.63. The van der Waals surface area contributed by atoms with Crippen LogP contribution in [0.15, 0.2) is 24.3 Å². The number of aliphatic hydroxyl groups excluding tert-OH is 1. The van der Waals surface area contributed by atoms with Gasteiger partial charge in [-0.25, -0.2) is 0 Å². The first-order valence-electron chi connectivity index (χ1n) is 7.76. The predicted octanol–water partition coefficient (Wildman–Crippen LogP) is 3.19. The molecule has 2 heteroatoms. The summed E-state index contributed by atoms with van der Waals surface area (Å²) in [6.45, 7) is 4.50. The van der Waals surface area contributed by atoms with Gasteiger partial charge in [0, 0.05) is 18.2 Å². The van der Waals surface area contributed by atoms with Gasteiger partial charge in [-0.2, -0.15) is 0 Å². The van der Waals surface area contributed by atoms with Gasteiger partial charge in [-0.3, -0.25) is 4.90 Å². The van der Waals surface area contributed by atoms with Gasteiger partial charge in [0.05, 0.1) is 0 Å². The highest BCUT2D eigenvalue weighted by atomic mass is 16.2. The topological polar surface area (TPSA) is 23.5 Å². The van der Waals surface area contributed by atoms with Gasteiger partial charge < -0.3 is 5.11 Å². The van der Waals surface area contributed by atoms with E-state index in [9.17, 15) is 0 Å². The summed E-state index contributed by atoms with van der Waals surface area (Å²) in [5, 5.41) is 8.70. The lowest BCUT2D eigenvalue weighted by Gasteiger charge is -2.29. The quantitative estimate of drug-likeness (QED) is 0.854. The van der Waals surface area contributed by atoms with E-state index in [4.69, 9.17) is 5.11 Å². The molecule has 0 aliphatic carbocycles. The van der Waals surface area contributed by atoms with Gasteiger partial charge in [-0.1, -0.05) is 43.7 Å². The predicted molar refractivity (Wildman–Crippen MR) is 83.4 cm³/mol. The van der Waals surface area contributed by atoms with Crippen LogP contribution in [0, 0.1) is 11.8 Å². The van der Waals surface area contributed by atoms with Crippen LogP contribution in [0.25, 0.3) is 0 Å². The van der Waals surface area contributed by atoms with Crippen LogP contribution in [-0.2, 0) is 6.54 Å².